The summed E-state index contributed by atoms with van der Waals surface area (Å²) in [5.74, 6) is 0.213. The highest BCUT2D eigenvalue weighted by molar-refractivity contribution is 7.17. The quantitative estimate of drug-likeness (QED) is 0.923. The first-order valence-corrected chi connectivity index (χ1v) is 7.66. The molecule has 2 fully saturated rings. The van der Waals surface area contributed by atoms with E-state index in [0.29, 0.717) is 17.0 Å². The lowest BCUT2D eigenvalue weighted by atomic mass is 10.0. The molecule has 0 saturated carbocycles. The Labute approximate surface area is 119 Å². The number of thiophene rings is 1. The number of rotatable bonds is 2. The predicted octanol–water partition coefficient (Wildman–Crippen LogP) is 2.22. The molecule has 2 aromatic heterocycles. The van der Waals surface area contributed by atoms with Gasteiger partial charge in [0.1, 0.15) is 11.5 Å². The highest BCUT2D eigenvalue weighted by Crippen LogP contribution is 2.31. The van der Waals surface area contributed by atoms with Gasteiger partial charge in [-0.2, -0.15) is 0 Å². The zero-order valence-corrected chi connectivity index (χ0v) is 11.6. The zero-order chi connectivity index (χ0) is 13.7. The number of hydrogen-bond acceptors (Lipinski definition) is 4. The van der Waals surface area contributed by atoms with Gasteiger partial charge in [0.25, 0.3) is 5.91 Å². The molecule has 2 saturated heterocycles. The van der Waals surface area contributed by atoms with Crippen LogP contribution in [0.5, 0.6) is 0 Å². The van der Waals surface area contributed by atoms with Gasteiger partial charge in [0, 0.05) is 30.1 Å². The number of halogens is 1. The minimum absolute atomic E-state index is 0.117. The topological polar surface area (TPSA) is 45.2 Å². The standard InChI is InChI=1S/C14H14FN3OS/c15-10-7-20-12-5-16-11(4-9(10)12)14(19)17-13-3-8-1-2-18(13)6-8/h4-5,7-8,13H,1-3,6H2,(H,17,19). The van der Waals surface area contributed by atoms with Crippen molar-refractivity contribution in [2.24, 2.45) is 5.92 Å². The van der Waals surface area contributed by atoms with Crippen molar-refractivity contribution in [1.82, 2.24) is 15.2 Å². The second-order valence-corrected chi connectivity index (χ2v) is 6.44. The predicted molar refractivity (Wildman–Crippen MR) is 75.1 cm³/mol. The van der Waals surface area contributed by atoms with Gasteiger partial charge in [-0.1, -0.05) is 0 Å². The van der Waals surface area contributed by atoms with Gasteiger partial charge in [-0.15, -0.1) is 11.3 Å². The Kier molecular flexibility index (Phi) is 2.75. The fourth-order valence-corrected chi connectivity index (χ4v) is 3.96. The minimum Gasteiger partial charge on any atom is -0.335 e. The molecular weight excluding hydrogens is 277 g/mol. The molecular formula is C14H14FN3OS. The Morgan fingerprint density at radius 1 is 1.55 bits per heavy atom. The fraction of sp³-hybridized carbons (Fsp3) is 0.429. The molecule has 4 rings (SSSR count). The second kappa shape index (κ2) is 4.49. The molecule has 1 amide bonds. The first-order valence-electron chi connectivity index (χ1n) is 6.78. The number of aromatic nitrogens is 1. The molecule has 3 unspecified atom stereocenters. The summed E-state index contributed by atoms with van der Waals surface area (Å²) in [5.41, 5.74) is 0.291. The van der Waals surface area contributed by atoms with E-state index in [9.17, 15) is 9.18 Å². The number of nitrogens with one attached hydrogen (secondary N) is 1. The fourth-order valence-electron chi connectivity index (χ4n) is 3.20. The minimum atomic E-state index is -0.287. The van der Waals surface area contributed by atoms with Gasteiger partial charge in [0.2, 0.25) is 0 Å². The number of carbonyl (C=O) groups is 1. The molecule has 0 aromatic carbocycles. The van der Waals surface area contributed by atoms with Gasteiger partial charge in [-0.05, 0) is 24.8 Å². The molecule has 1 N–H and O–H groups in total. The van der Waals surface area contributed by atoms with E-state index in [-0.39, 0.29) is 17.9 Å². The van der Waals surface area contributed by atoms with Crippen LogP contribution < -0.4 is 5.32 Å². The average molecular weight is 291 g/mol. The van der Waals surface area contributed by atoms with Crippen molar-refractivity contribution < 1.29 is 9.18 Å². The van der Waals surface area contributed by atoms with E-state index in [4.69, 9.17) is 0 Å². The van der Waals surface area contributed by atoms with Crippen molar-refractivity contribution in [3.8, 4) is 0 Å². The van der Waals surface area contributed by atoms with Gasteiger partial charge >= 0.3 is 0 Å². The van der Waals surface area contributed by atoms with Gasteiger partial charge in [0.05, 0.1) is 10.9 Å². The maximum Gasteiger partial charge on any atom is 0.271 e. The number of pyridine rings is 1. The normalized spacial score (nSPS) is 28.1. The molecule has 0 spiro atoms. The van der Waals surface area contributed by atoms with E-state index in [0.717, 1.165) is 24.2 Å². The van der Waals surface area contributed by atoms with Crippen molar-refractivity contribution in [3.05, 3.63) is 29.2 Å². The highest BCUT2D eigenvalue weighted by atomic mass is 32.1. The summed E-state index contributed by atoms with van der Waals surface area (Å²) in [5, 5.41) is 4.92. The van der Waals surface area contributed by atoms with Gasteiger partial charge in [0.15, 0.2) is 0 Å². The Bertz CT molecular complexity index is 686. The number of nitrogens with zero attached hydrogens (tertiary/aromatic N) is 2. The Morgan fingerprint density at radius 3 is 3.20 bits per heavy atom. The first-order chi connectivity index (χ1) is 9.70. The van der Waals surface area contributed by atoms with Crippen LogP contribution >= 0.6 is 11.3 Å². The van der Waals surface area contributed by atoms with Crippen molar-refractivity contribution in [1.29, 1.82) is 0 Å². The Morgan fingerprint density at radius 2 is 2.45 bits per heavy atom. The van der Waals surface area contributed by atoms with E-state index in [1.165, 1.54) is 23.1 Å². The van der Waals surface area contributed by atoms with Crippen LogP contribution in [0.25, 0.3) is 10.1 Å². The molecule has 20 heavy (non-hydrogen) atoms. The number of carbonyl (C=O) groups excluding carboxylic acids is 1. The summed E-state index contributed by atoms with van der Waals surface area (Å²) in [6, 6.07) is 1.54. The summed E-state index contributed by atoms with van der Waals surface area (Å²) < 4.78 is 14.3. The molecule has 6 heteroatoms. The smallest absolute Gasteiger partial charge is 0.271 e. The van der Waals surface area contributed by atoms with Crippen LogP contribution in [0.2, 0.25) is 0 Å². The molecule has 4 heterocycles. The summed E-state index contributed by atoms with van der Waals surface area (Å²) in [6.07, 6.45) is 3.93. The molecule has 2 aliphatic rings. The molecule has 3 atom stereocenters. The van der Waals surface area contributed by atoms with Crippen LogP contribution in [0, 0.1) is 11.7 Å². The van der Waals surface area contributed by atoms with Gasteiger partial charge in [-0.25, -0.2) is 9.37 Å². The molecule has 4 nitrogen and oxygen atoms in total. The SMILES string of the molecule is O=C(NC1CC2CCN1C2)c1cc2c(F)csc2cn1. The number of fused-ring (bicyclic) bond motifs is 3. The molecule has 104 valence electrons. The number of hydrogen-bond donors (Lipinski definition) is 1. The lowest BCUT2D eigenvalue weighted by Crippen LogP contribution is -2.45. The van der Waals surface area contributed by atoms with Crippen molar-refractivity contribution in [2.45, 2.75) is 19.0 Å². The molecule has 0 radical (unpaired) electrons. The average Bonchev–Trinajstić information content (AvgIpc) is 3.15. The Balaban J connectivity index is 1.56. The van der Waals surface area contributed by atoms with Crippen LogP contribution in [0.3, 0.4) is 0 Å². The third kappa shape index (κ3) is 1.91. The van der Waals surface area contributed by atoms with E-state index < -0.39 is 0 Å². The summed E-state index contributed by atoms with van der Waals surface area (Å²) >= 11 is 1.30. The van der Waals surface area contributed by atoms with Gasteiger partial charge < -0.3 is 5.32 Å². The molecule has 0 aliphatic carbocycles. The monoisotopic (exact) mass is 291 g/mol. The highest BCUT2D eigenvalue weighted by Gasteiger charge is 2.38. The van der Waals surface area contributed by atoms with Crippen LogP contribution in [0.4, 0.5) is 4.39 Å². The van der Waals surface area contributed by atoms with E-state index >= 15 is 0 Å². The van der Waals surface area contributed by atoms with Crippen molar-refractivity contribution in [3.63, 3.8) is 0 Å². The Hall–Kier alpha value is -1.53. The van der Waals surface area contributed by atoms with Crippen LogP contribution in [-0.2, 0) is 0 Å². The van der Waals surface area contributed by atoms with Crippen LogP contribution in [0.15, 0.2) is 17.6 Å². The van der Waals surface area contributed by atoms with Crippen LogP contribution in [0.1, 0.15) is 23.3 Å². The third-order valence-electron chi connectivity index (χ3n) is 4.26. The summed E-state index contributed by atoms with van der Waals surface area (Å²) in [4.78, 5) is 18.7. The van der Waals surface area contributed by atoms with Crippen molar-refractivity contribution in [2.75, 3.05) is 13.1 Å². The summed E-state index contributed by atoms with van der Waals surface area (Å²) in [7, 11) is 0. The number of piperidine rings is 1. The molecule has 2 aliphatic heterocycles. The lowest BCUT2D eigenvalue weighted by Gasteiger charge is -2.25. The zero-order valence-electron chi connectivity index (χ0n) is 10.8. The van der Waals surface area contributed by atoms with E-state index in [1.807, 2.05) is 0 Å². The lowest BCUT2D eigenvalue weighted by molar-refractivity contribution is 0.0878. The van der Waals surface area contributed by atoms with Crippen LogP contribution in [-0.4, -0.2) is 35.0 Å². The van der Waals surface area contributed by atoms with E-state index in [1.54, 1.807) is 12.3 Å². The van der Waals surface area contributed by atoms with Crippen molar-refractivity contribution >= 4 is 27.3 Å². The number of amides is 1. The second-order valence-electron chi connectivity index (χ2n) is 5.52. The third-order valence-corrected chi connectivity index (χ3v) is 5.16. The maximum atomic E-state index is 13.6. The summed E-state index contributed by atoms with van der Waals surface area (Å²) in [6.45, 7) is 2.14. The van der Waals surface area contributed by atoms with E-state index in [2.05, 4.69) is 15.2 Å². The largest absolute Gasteiger partial charge is 0.335 e. The molecule has 2 bridgehead atoms. The maximum absolute atomic E-state index is 13.6. The molecule has 2 aromatic rings. The van der Waals surface area contributed by atoms with Gasteiger partial charge in [-0.3, -0.25) is 9.69 Å². The first kappa shape index (κ1) is 12.2.